The van der Waals surface area contributed by atoms with Crippen molar-refractivity contribution in [3.8, 4) is 0 Å². The summed E-state index contributed by atoms with van der Waals surface area (Å²) in [5, 5.41) is 9.00. The molecular weight excluding hydrogens is 262 g/mol. The average molecular weight is 271 g/mol. The standard InChI is InChI=1S/C9H9N3O3S2/c1-3-14-7(13)6-4-15-8(10-6)17-9-12-11-5(2)16-9/h4H,3H2,1-2H3. The van der Waals surface area contributed by atoms with Crippen molar-refractivity contribution in [2.24, 2.45) is 0 Å². The Morgan fingerprint density at radius 1 is 1.59 bits per heavy atom. The first-order valence-corrected chi connectivity index (χ1v) is 6.43. The number of aryl methyl sites for hydroxylation is 1. The van der Waals surface area contributed by atoms with Gasteiger partial charge in [0, 0.05) is 11.8 Å². The zero-order valence-corrected chi connectivity index (χ0v) is 10.8. The Balaban J connectivity index is 2.06. The fourth-order valence-corrected chi connectivity index (χ4v) is 2.63. The lowest BCUT2D eigenvalue weighted by Gasteiger charge is -1.94. The lowest BCUT2D eigenvalue weighted by molar-refractivity contribution is 0.0519. The molecule has 90 valence electrons. The number of hydrogen-bond acceptors (Lipinski definition) is 8. The summed E-state index contributed by atoms with van der Waals surface area (Å²) in [4.78, 5) is 15.3. The normalized spacial score (nSPS) is 10.5. The van der Waals surface area contributed by atoms with Gasteiger partial charge in [0.25, 0.3) is 5.22 Å². The predicted octanol–water partition coefficient (Wildman–Crippen LogP) is 2.16. The molecule has 0 amide bonds. The minimum absolute atomic E-state index is 0.163. The second-order valence-corrected chi connectivity index (χ2v) is 5.29. The Morgan fingerprint density at radius 2 is 2.41 bits per heavy atom. The zero-order valence-electron chi connectivity index (χ0n) is 9.17. The molecule has 0 saturated carbocycles. The van der Waals surface area contributed by atoms with E-state index in [4.69, 9.17) is 9.15 Å². The summed E-state index contributed by atoms with van der Waals surface area (Å²) in [5.41, 5.74) is 0.163. The lowest BCUT2D eigenvalue weighted by atomic mass is 10.5. The Morgan fingerprint density at radius 3 is 3.06 bits per heavy atom. The lowest BCUT2D eigenvalue weighted by Crippen LogP contribution is -2.04. The van der Waals surface area contributed by atoms with Crippen LogP contribution in [0.2, 0.25) is 0 Å². The number of nitrogens with zero attached hydrogens (tertiary/aromatic N) is 3. The molecule has 8 heteroatoms. The van der Waals surface area contributed by atoms with Gasteiger partial charge in [-0.3, -0.25) is 0 Å². The summed E-state index contributed by atoms with van der Waals surface area (Å²) >= 11 is 2.66. The summed E-state index contributed by atoms with van der Waals surface area (Å²) in [5.74, 6) is -0.489. The molecule has 0 aliphatic rings. The summed E-state index contributed by atoms with van der Waals surface area (Å²) in [6.07, 6.45) is 1.27. The second kappa shape index (κ2) is 5.28. The van der Waals surface area contributed by atoms with E-state index in [9.17, 15) is 4.79 Å². The van der Waals surface area contributed by atoms with Crippen molar-refractivity contribution in [2.75, 3.05) is 6.61 Å². The third-order valence-corrected chi connectivity index (χ3v) is 3.40. The van der Waals surface area contributed by atoms with Crippen molar-refractivity contribution >= 4 is 29.1 Å². The number of oxazole rings is 1. The number of carbonyl (C=O) groups excluding carboxylic acids is 1. The van der Waals surface area contributed by atoms with Gasteiger partial charge in [-0.15, -0.1) is 10.2 Å². The van der Waals surface area contributed by atoms with Gasteiger partial charge in [-0.2, -0.15) is 4.98 Å². The number of ether oxygens (including phenoxy) is 1. The highest BCUT2D eigenvalue weighted by atomic mass is 32.2. The van der Waals surface area contributed by atoms with Crippen LogP contribution in [0.3, 0.4) is 0 Å². The zero-order chi connectivity index (χ0) is 12.3. The number of carbonyl (C=O) groups is 1. The maximum atomic E-state index is 11.3. The van der Waals surface area contributed by atoms with E-state index >= 15 is 0 Å². The number of hydrogen-bond donors (Lipinski definition) is 0. The number of rotatable bonds is 4. The molecule has 0 bridgehead atoms. The summed E-state index contributed by atoms with van der Waals surface area (Å²) in [6, 6.07) is 0. The topological polar surface area (TPSA) is 78.1 Å². The largest absolute Gasteiger partial charge is 0.461 e. The van der Waals surface area contributed by atoms with Crippen LogP contribution in [0.1, 0.15) is 22.4 Å². The van der Waals surface area contributed by atoms with Crippen molar-refractivity contribution in [1.29, 1.82) is 0 Å². The van der Waals surface area contributed by atoms with Crippen molar-refractivity contribution in [2.45, 2.75) is 23.4 Å². The van der Waals surface area contributed by atoms with Gasteiger partial charge < -0.3 is 9.15 Å². The predicted molar refractivity (Wildman–Crippen MR) is 61.2 cm³/mol. The van der Waals surface area contributed by atoms with Crippen molar-refractivity contribution in [3.63, 3.8) is 0 Å². The Kier molecular flexibility index (Phi) is 3.75. The van der Waals surface area contributed by atoms with Crippen LogP contribution in [-0.2, 0) is 4.74 Å². The van der Waals surface area contributed by atoms with E-state index in [0.29, 0.717) is 11.8 Å². The molecule has 0 saturated heterocycles. The van der Waals surface area contributed by atoms with Crippen molar-refractivity contribution in [1.82, 2.24) is 15.2 Å². The fourth-order valence-electron chi connectivity index (χ4n) is 0.997. The molecule has 0 unspecified atom stereocenters. The first kappa shape index (κ1) is 12.1. The minimum Gasteiger partial charge on any atom is -0.461 e. The van der Waals surface area contributed by atoms with Crippen LogP contribution in [0.25, 0.3) is 0 Å². The molecule has 0 spiro atoms. The van der Waals surface area contributed by atoms with Gasteiger partial charge >= 0.3 is 5.97 Å². The van der Waals surface area contributed by atoms with Crippen LogP contribution >= 0.6 is 23.1 Å². The molecule has 2 rings (SSSR count). The van der Waals surface area contributed by atoms with Crippen LogP contribution in [0.4, 0.5) is 0 Å². The summed E-state index contributed by atoms with van der Waals surface area (Å²) < 4.78 is 10.7. The SMILES string of the molecule is CCOC(=O)c1coc(Sc2nnc(C)s2)n1. The monoisotopic (exact) mass is 271 g/mol. The van der Waals surface area contributed by atoms with Crippen LogP contribution < -0.4 is 0 Å². The van der Waals surface area contributed by atoms with Crippen LogP contribution in [-0.4, -0.2) is 27.8 Å². The van der Waals surface area contributed by atoms with Crippen molar-refractivity contribution in [3.05, 3.63) is 17.0 Å². The molecule has 17 heavy (non-hydrogen) atoms. The Bertz CT molecular complexity index is 523. The third-order valence-electron chi connectivity index (χ3n) is 1.65. The molecule has 6 nitrogen and oxygen atoms in total. The Hall–Kier alpha value is -1.41. The van der Waals surface area contributed by atoms with E-state index in [0.717, 1.165) is 9.35 Å². The van der Waals surface area contributed by atoms with Crippen molar-refractivity contribution < 1.29 is 13.9 Å². The average Bonchev–Trinajstić information content (AvgIpc) is 2.89. The quantitative estimate of drug-likeness (QED) is 0.788. The maximum Gasteiger partial charge on any atom is 0.360 e. The fraction of sp³-hybridized carbons (Fsp3) is 0.333. The van der Waals surface area contributed by atoms with Gasteiger partial charge in [0.1, 0.15) is 11.3 Å². The molecule has 0 aliphatic heterocycles. The van der Waals surface area contributed by atoms with Gasteiger partial charge in [0.15, 0.2) is 10.0 Å². The maximum absolute atomic E-state index is 11.3. The molecule has 0 aliphatic carbocycles. The molecule has 0 aromatic carbocycles. The highest BCUT2D eigenvalue weighted by Crippen LogP contribution is 2.29. The van der Waals surface area contributed by atoms with Crippen LogP contribution in [0.5, 0.6) is 0 Å². The van der Waals surface area contributed by atoms with E-state index in [1.807, 2.05) is 6.92 Å². The van der Waals surface area contributed by atoms with Crippen LogP contribution in [0, 0.1) is 6.92 Å². The van der Waals surface area contributed by atoms with E-state index in [-0.39, 0.29) is 5.69 Å². The van der Waals surface area contributed by atoms with E-state index in [1.54, 1.807) is 6.92 Å². The molecule has 0 atom stereocenters. The number of esters is 1. The molecule has 2 aromatic rings. The third kappa shape index (κ3) is 3.04. The summed E-state index contributed by atoms with van der Waals surface area (Å²) in [7, 11) is 0. The molecular formula is C9H9N3O3S2. The van der Waals surface area contributed by atoms with E-state index in [1.165, 1.54) is 29.4 Å². The van der Waals surface area contributed by atoms with Gasteiger partial charge in [-0.05, 0) is 13.8 Å². The first-order valence-electron chi connectivity index (χ1n) is 4.79. The smallest absolute Gasteiger partial charge is 0.360 e. The second-order valence-electron chi connectivity index (χ2n) is 2.91. The highest BCUT2D eigenvalue weighted by Gasteiger charge is 2.15. The van der Waals surface area contributed by atoms with Crippen LogP contribution in [0.15, 0.2) is 20.2 Å². The molecule has 2 heterocycles. The minimum atomic E-state index is -0.489. The first-order chi connectivity index (χ1) is 8.19. The number of aromatic nitrogens is 3. The van der Waals surface area contributed by atoms with E-state index in [2.05, 4.69) is 15.2 Å². The molecule has 0 radical (unpaired) electrons. The highest BCUT2D eigenvalue weighted by molar-refractivity contribution is 8.00. The van der Waals surface area contributed by atoms with E-state index < -0.39 is 5.97 Å². The van der Waals surface area contributed by atoms with Gasteiger partial charge in [0.2, 0.25) is 0 Å². The van der Waals surface area contributed by atoms with Gasteiger partial charge in [0.05, 0.1) is 6.61 Å². The van der Waals surface area contributed by atoms with Gasteiger partial charge in [-0.25, -0.2) is 4.79 Å². The Labute approximate surface area is 105 Å². The summed E-state index contributed by atoms with van der Waals surface area (Å²) in [6.45, 7) is 3.91. The molecule has 2 aromatic heterocycles. The molecule has 0 N–H and O–H groups in total. The van der Waals surface area contributed by atoms with Gasteiger partial charge in [-0.1, -0.05) is 11.3 Å². The molecule has 0 fully saturated rings.